The highest BCUT2D eigenvalue weighted by Gasteiger charge is 2.16. The number of rotatable bonds is 4. The molecule has 1 rings (SSSR count). The maximum Gasteiger partial charge on any atom is 0.348 e. The number of nitro groups is 1. The Morgan fingerprint density at radius 2 is 2.32 bits per heavy atom. The highest BCUT2D eigenvalue weighted by Crippen LogP contribution is 2.25. The van der Waals surface area contributed by atoms with Crippen molar-refractivity contribution >= 4 is 29.3 Å². The third kappa shape index (κ3) is 3.79. The second-order valence-corrected chi connectivity index (χ2v) is 3.79. The number of carbonyl (C=O) groups excluding carboxylic acids is 1. The van der Waals surface area contributed by atoms with Crippen LogP contribution in [0.4, 0.5) is 5.69 Å². The SMILES string of the molecule is CCOC(=O)/C(C#N)=C/c1cc(Cl)ccc1[N+](=O)[O-]. The van der Waals surface area contributed by atoms with Crippen molar-refractivity contribution in [3.8, 4) is 6.07 Å². The largest absolute Gasteiger partial charge is 0.462 e. The van der Waals surface area contributed by atoms with Gasteiger partial charge in [0.15, 0.2) is 0 Å². The molecule has 0 saturated heterocycles. The van der Waals surface area contributed by atoms with Gasteiger partial charge in [-0.3, -0.25) is 10.1 Å². The van der Waals surface area contributed by atoms with Crippen LogP contribution < -0.4 is 0 Å². The second-order valence-electron chi connectivity index (χ2n) is 3.35. The fraction of sp³-hybridized carbons (Fsp3) is 0.167. The van der Waals surface area contributed by atoms with E-state index >= 15 is 0 Å². The molecule has 0 atom stereocenters. The number of esters is 1. The first-order valence-electron chi connectivity index (χ1n) is 5.22. The molecule has 0 aliphatic heterocycles. The summed E-state index contributed by atoms with van der Waals surface area (Å²) in [5, 5.41) is 20.0. The minimum atomic E-state index is -0.834. The average molecular weight is 281 g/mol. The van der Waals surface area contributed by atoms with Gasteiger partial charge < -0.3 is 4.74 Å². The smallest absolute Gasteiger partial charge is 0.348 e. The molecular weight excluding hydrogens is 272 g/mol. The van der Waals surface area contributed by atoms with Crippen molar-refractivity contribution in [1.82, 2.24) is 0 Å². The molecule has 0 radical (unpaired) electrons. The van der Waals surface area contributed by atoms with E-state index in [9.17, 15) is 14.9 Å². The minimum Gasteiger partial charge on any atom is -0.462 e. The summed E-state index contributed by atoms with van der Waals surface area (Å²) < 4.78 is 4.67. The number of halogens is 1. The van der Waals surface area contributed by atoms with Crippen LogP contribution in [0.1, 0.15) is 12.5 Å². The number of hydrogen-bond donors (Lipinski definition) is 0. The lowest BCUT2D eigenvalue weighted by atomic mass is 10.1. The Kier molecular flexibility index (Phi) is 5.03. The molecule has 0 aromatic heterocycles. The number of carbonyl (C=O) groups is 1. The van der Waals surface area contributed by atoms with Gasteiger partial charge in [-0.2, -0.15) is 5.26 Å². The van der Waals surface area contributed by atoms with Crippen molar-refractivity contribution in [3.05, 3.63) is 44.5 Å². The lowest BCUT2D eigenvalue weighted by molar-refractivity contribution is -0.385. The Morgan fingerprint density at radius 3 is 2.84 bits per heavy atom. The summed E-state index contributed by atoms with van der Waals surface area (Å²) in [6, 6.07) is 5.50. The van der Waals surface area contributed by atoms with Crippen LogP contribution in [0.25, 0.3) is 6.08 Å². The van der Waals surface area contributed by atoms with Crippen LogP contribution in [-0.4, -0.2) is 17.5 Å². The first-order valence-corrected chi connectivity index (χ1v) is 5.60. The first-order chi connectivity index (χ1) is 8.99. The van der Waals surface area contributed by atoms with Gasteiger partial charge in [0.1, 0.15) is 11.6 Å². The van der Waals surface area contributed by atoms with Crippen molar-refractivity contribution in [3.63, 3.8) is 0 Å². The monoisotopic (exact) mass is 280 g/mol. The van der Waals surface area contributed by atoms with Crippen LogP contribution in [0.15, 0.2) is 23.8 Å². The normalized spacial score (nSPS) is 10.7. The topological polar surface area (TPSA) is 93.2 Å². The zero-order valence-corrected chi connectivity index (χ0v) is 10.7. The molecular formula is C12H9ClN2O4. The standard InChI is InChI=1S/C12H9ClN2O4/c1-2-19-12(16)9(7-14)5-8-6-10(13)3-4-11(8)15(17)18/h3-6H,2H2,1H3/b9-5+. The van der Waals surface area contributed by atoms with Crippen LogP contribution in [-0.2, 0) is 9.53 Å². The summed E-state index contributed by atoms with van der Waals surface area (Å²) in [6.45, 7) is 1.70. The predicted molar refractivity (Wildman–Crippen MR) is 68.3 cm³/mol. The summed E-state index contributed by atoms with van der Waals surface area (Å²) >= 11 is 5.74. The molecule has 0 fully saturated rings. The van der Waals surface area contributed by atoms with Gasteiger partial charge in [-0.05, 0) is 25.1 Å². The average Bonchev–Trinajstić information content (AvgIpc) is 2.35. The maximum absolute atomic E-state index is 11.4. The molecule has 98 valence electrons. The summed E-state index contributed by atoms with van der Waals surface area (Å²) in [5.74, 6) is -0.834. The third-order valence-corrected chi connectivity index (χ3v) is 2.34. The van der Waals surface area contributed by atoms with Crippen LogP contribution in [0.2, 0.25) is 5.02 Å². The van der Waals surface area contributed by atoms with Crippen molar-refractivity contribution in [2.45, 2.75) is 6.92 Å². The van der Waals surface area contributed by atoms with Crippen LogP contribution in [0.3, 0.4) is 0 Å². The lowest BCUT2D eigenvalue weighted by Gasteiger charge is -2.01. The van der Waals surface area contributed by atoms with Crippen LogP contribution in [0, 0.1) is 21.4 Å². The van der Waals surface area contributed by atoms with Crippen LogP contribution >= 0.6 is 11.6 Å². The van der Waals surface area contributed by atoms with Crippen molar-refractivity contribution in [2.24, 2.45) is 0 Å². The zero-order valence-electron chi connectivity index (χ0n) is 9.92. The van der Waals surface area contributed by atoms with E-state index in [2.05, 4.69) is 4.74 Å². The molecule has 0 N–H and O–H groups in total. The highest BCUT2D eigenvalue weighted by molar-refractivity contribution is 6.30. The van der Waals surface area contributed by atoms with E-state index in [1.807, 2.05) is 0 Å². The second kappa shape index (κ2) is 6.52. The maximum atomic E-state index is 11.4. The van der Waals surface area contributed by atoms with E-state index < -0.39 is 10.9 Å². The Labute approximate surface area is 114 Å². The lowest BCUT2D eigenvalue weighted by Crippen LogP contribution is -2.06. The van der Waals surface area contributed by atoms with E-state index in [1.54, 1.807) is 13.0 Å². The van der Waals surface area contributed by atoms with Gasteiger partial charge in [-0.25, -0.2) is 4.79 Å². The zero-order chi connectivity index (χ0) is 14.4. The fourth-order valence-electron chi connectivity index (χ4n) is 1.31. The molecule has 1 aromatic rings. The minimum absolute atomic E-state index is 0.0714. The first kappa shape index (κ1) is 14.7. The molecule has 0 spiro atoms. The number of nitriles is 1. The Balaban J connectivity index is 3.29. The number of nitrogens with zero attached hydrogens (tertiary/aromatic N) is 2. The molecule has 0 bridgehead atoms. The van der Waals surface area contributed by atoms with E-state index in [4.69, 9.17) is 16.9 Å². The Morgan fingerprint density at radius 1 is 1.63 bits per heavy atom. The Hall–Kier alpha value is -2.39. The van der Waals surface area contributed by atoms with Gasteiger partial charge in [-0.15, -0.1) is 0 Å². The summed E-state index contributed by atoms with van der Waals surface area (Å²) in [6.07, 6.45) is 1.09. The molecule has 1 aromatic carbocycles. The van der Waals surface area contributed by atoms with Gasteiger partial charge in [0.05, 0.1) is 17.1 Å². The molecule has 0 aliphatic carbocycles. The molecule has 0 saturated carbocycles. The van der Waals surface area contributed by atoms with Gasteiger partial charge in [0.2, 0.25) is 0 Å². The van der Waals surface area contributed by atoms with Crippen molar-refractivity contribution in [2.75, 3.05) is 6.61 Å². The number of hydrogen-bond acceptors (Lipinski definition) is 5. The number of nitro benzene ring substituents is 1. The van der Waals surface area contributed by atoms with Gasteiger partial charge in [0, 0.05) is 11.1 Å². The molecule has 7 heteroatoms. The predicted octanol–water partition coefficient (Wildman–Crippen LogP) is 2.72. The molecule has 0 unspecified atom stereocenters. The molecule has 6 nitrogen and oxygen atoms in total. The van der Waals surface area contributed by atoms with E-state index in [0.717, 1.165) is 6.08 Å². The van der Waals surface area contributed by atoms with Crippen LogP contribution in [0.5, 0.6) is 0 Å². The number of ether oxygens (including phenoxy) is 1. The molecule has 0 amide bonds. The molecule has 0 heterocycles. The fourth-order valence-corrected chi connectivity index (χ4v) is 1.49. The summed E-state index contributed by atoms with van der Waals surface area (Å²) in [5.41, 5.74) is -0.504. The van der Waals surface area contributed by atoms with E-state index in [1.165, 1.54) is 18.2 Å². The van der Waals surface area contributed by atoms with Crippen molar-refractivity contribution in [1.29, 1.82) is 5.26 Å². The quantitative estimate of drug-likeness (QED) is 0.278. The van der Waals surface area contributed by atoms with Crippen molar-refractivity contribution < 1.29 is 14.5 Å². The summed E-state index contributed by atoms with van der Waals surface area (Å²) in [7, 11) is 0. The van der Waals surface area contributed by atoms with Gasteiger partial charge in [-0.1, -0.05) is 11.6 Å². The third-order valence-electron chi connectivity index (χ3n) is 2.10. The number of benzene rings is 1. The summed E-state index contributed by atoms with van der Waals surface area (Å²) in [4.78, 5) is 21.6. The van der Waals surface area contributed by atoms with Gasteiger partial charge in [0.25, 0.3) is 5.69 Å². The van der Waals surface area contributed by atoms with Gasteiger partial charge >= 0.3 is 5.97 Å². The Bertz CT molecular complexity index is 590. The molecule has 19 heavy (non-hydrogen) atoms. The molecule has 0 aliphatic rings. The van der Waals surface area contributed by atoms with E-state index in [0.29, 0.717) is 0 Å². The highest BCUT2D eigenvalue weighted by atomic mass is 35.5. The van der Waals surface area contributed by atoms with E-state index in [-0.39, 0.29) is 28.5 Å².